The van der Waals surface area contributed by atoms with Crippen LogP contribution in [0.5, 0.6) is 0 Å². The molecule has 0 aliphatic heterocycles. The lowest BCUT2D eigenvalue weighted by molar-refractivity contribution is -0.145. The number of carbonyl (C=O) groups is 3. The average molecular weight is 244 g/mol. The molecule has 0 radical (unpaired) electrons. The molecule has 0 aromatic heterocycles. The molecule has 2 amide bonds. The maximum absolute atomic E-state index is 11.4. The molecule has 6 nitrogen and oxygen atoms in total. The number of ether oxygens (including phenoxy) is 1. The summed E-state index contributed by atoms with van der Waals surface area (Å²) in [7, 11) is 0. The molecule has 0 spiro atoms. The lowest BCUT2D eigenvalue weighted by Crippen LogP contribution is -2.46. The van der Waals surface area contributed by atoms with Crippen molar-refractivity contribution >= 4 is 17.8 Å². The van der Waals surface area contributed by atoms with Crippen molar-refractivity contribution in [2.24, 2.45) is 11.7 Å². The number of hydrogen-bond donors (Lipinski definition) is 2. The van der Waals surface area contributed by atoms with Crippen LogP contribution >= 0.6 is 0 Å². The first-order valence-corrected chi connectivity index (χ1v) is 5.61. The fourth-order valence-corrected chi connectivity index (χ4v) is 1.23. The minimum atomic E-state index is -1.000. The quantitative estimate of drug-likeness (QED) is 0.614. The van der Waals surface area contributed by atoms with Gasteiger partial charge in [-0.2, -0.15) is 0 Å². The summed E-state index contributed by atoms with van der Waals surface area (Å²) in [6.07, 6.45) is 0.0552. The normalized spacial score (nSPS) is 12.0. The molecule has 1 atom stereocenters. The van der Waals surface area contributed by atoms with Gasteiger partial charge in [-0.05, 0) is 12.8 Å². The SMILES string of the molecule is CCOC(=O)C[C@H](NC(=O)CC(C)C)C(N)=O. The fraction of sp³-hybridized carbons (Fsp3) is 0.727. The summed E-state index contributed by atoms with van der Waals surface area (Å²) in [4.78, 5) is 33.7. The minimum Gasteiger partial charge on any atom is -0.466 e. The van der Waals surface area contributed by atoms with Crippen molar-refractivity contribution in [3.05, 3.63) is 0 Å². The average Bonchev–Trinajstić information content (AvgIpc) is 2.15. The summed E-state index contributed by atoms with van der Waals surface area (Å²) in [6.45, 7) is 5.65. The van der Waals surface area contributed by atoms with Crippen LogP contribution in [0, 0.1) is 5.92 Å². The van der Waals surface area contributed by atoms with E-state index in [-0.39, 0.29) is 31.3 Å². The van der Waals surface area contributed by atoms with Crippen molar-refractivity contribution in [3.63, 3.8) is 0 Å². The first kappa shape index (κ1) is 15.4. The topological polar surface area (TPSA) is 98.5 Å². The van der Waals surface area contributed by atoms with E-state index >= 15 is 0 Å². The molecule has 98 valence electrons. The monoisotopic (exact) mass is 244 g/mol. The summed E-state index contributed by atoms with van der Waals surface area (Å²) in [5, 5.41) is 2.42. The first-order chi connectivity index (χ1) is 7.86. The largest absolute Gasteiger partial charge is 0.466 e. The number of nitrogens with two attached hydrogens (primary N) is 1. The van der Waals surface area contributed by atoms with E-state index in [0.29, 0.717) is 0 Å². The lowest BCUT2D eigenvalue weighted by atomic mass is 10.1. The number of hydrogen-bond acceptors (Lipinski definition) is 4. The third kappa shape index (κ3) is 7.32. The summed E-state index contributed by atoms with van der Waals surface area (Å²) in [5.41, 5.74) is 5.10. The second-order valence-corrected chi connectivity index (χ2v) is 4.13. The molecule has 0 saturated carbocycles. The van der Waals surface area contributed by atoms with E-state index in [1.807, 2.05) is 13.8 Å². The molecule has 0 unspecified atom stereocenters. The molecule has 0 aromatic rings. The fourth-order valence-electron chi connectivity index (χ4n) is 1.23. The van der Waals surface area contributed by atoms with Gasteiger partial charge in [-0.3, -0.25) is 14.4 Å². The van der Waals surface area contributed by atoms with Gasteiger partial charge in [0, 0.05) is 6.42 Å². The van der Waals surface area contributed by atoms with Gasteiger partial charge in [0.15, 0.2) is 0 Å². The molecule has 0 saturated heterocycles. The molecule has 0 rings (SSSR count). The molecule has 0 heterocycles. The van der Waals surface area contributed by atoms with Crippen LogP contribution < -0.4 is 11.1 Å². The maximum Gasteiger partial charge on any atom is 0.308 e. The van der Waals surface area contributed by atoms with Crippen LogP contribution in [0.4, 0.5) is 0 Å². The van der Waals surface area contributed by atoms with E-state index in [2.05, 4.69) is 10.1 Å². The Balaban J connectivity index is 4.29. The minimum absolute atomic E-state index is 0.172. The molecule has 0 aliphatic rings. The molecule has 0 fully saturated rings. The summed E-state index contributed by atoms with van der Waals surface area (Å²) < 4.78 is 4.69. The van der Waals surface area contributed by atoms with Crippen molar-refractivity contribution in [1.29, 1.82) is 0 Å². The van der Waals surface area contributed by atoms with Crippen molar-refractivity contribution in [2.75, 3.05) is 6.61 Å². The van der Waals surface area contributed by atoms with Crippen LogP contribution in [0.25, 0.3) is 0 Å². The van der Waals surface area contributed by atoms with Gasteiger partial charge in [0.05, 0.1) is 13.0 Å². The predicted molar refractivity (Wildman–Crippen MR) is 61.8 cm³/mol. The third-order valence-corrected chi connectivity index (χ3v) is 1.95. The molecule has 6 heteroatoms. The zero-order valence-corrected chi connectivity index (χ0v) is 10.5. The highest BCUT2D eigenvalue weighted by Gasteiger charge is 2.22. The molecule has 0 aliphatic carbocycles. The Bertz CT molecular complexity index is 289. The molecule has 17 heavy (non-hydrogen) atoms. The number of rotatable bonds is 7. The summed E-state index contributed by atoms with van der Waals surface area (Å²) in [6, 6.07) is -1.000. The van der Waals surface area contributed by atoms with Crippen LogP contribution in [0.15, 0.2) is 0 Å². The van der Waals surface area contributed by atoms with Gasteiger partial charge in [0.2, 0.25) is 11.8 Å². The van der Waals surface area contributed by atoms with Gasteiger partial charge < -0.3 is 15.8 Å². The third-order valence-electron chi connectivity index (χ3n) is 1.95. The maximum atomic E-state index is 11.4. The van der Waals surface area contributed by atoms with E-state index in [0.717, 1.165) is 0 Å². The van der Waals surface area contributed by atoms with Crippen LogP contribution in [-0.4, -0.2) is 30.4 Å². The number of primary amides is 1. The summed E-state index contributed by atoms with van der Waals surface area (Å²) >= 11 is 0. The van der Waals surface area contributed by atoms with Crippen molar-refractivity contribution in [1.82, 2.24) is 5.32 Å². The van der Waals surface area contributed by atoms with Gasteiger partial charge in [0.25, 0.3) is 0 Å². The second kappa shape index (κ2) is 7.65. The van der Waals surface area contributed by atoms with Crippen LogP contribution in [-0.2, 0) is 19.1 Å². The van der Waals surface area contributed by atoms with Crippen LogP contribution in [0.3, 0.4) is 0 Å². The van der Waals surface area contributed by atoms with Gasteiger partial charge in [-0.15, -0.1) is 0 Å². The Morgan fingerprint density at radius 3 is 2.24 bits per heavy atom. The van der Waals surface area contributed by atoms with Crippen molar-refractivity contribution < 1.29 is 19.1 Å². The van der Waals surface area contributed by atoms with E-state index in [4.69, 9.17) is 5.73 Å². The highest BCUT2D eigenvalue weighted by atomic mass is 16.5. The van der Waals surface area contributed by atoms with Gasteiger partial charge in [-0.25, -0.2) is 0 Å². The van der Waals surface area contributed by atoms with E-state index in [1.54, 1.807) is 6.92 Å². The Morgan fingerprint density at radius 1 is 1.24 bits per heavy atom. The zero-order chi connectivity index (χ0) is 13.4. The number of nitrogens with one attached hydrogen (secondary N) is 1. The highest BCUT2D eigenvalue weighted by molar-refractivity contribution is 5.90. The summed E-state index contributed by atoms with van der Waals surface area (Å²) in [5.74, 6) is -1.42. The predicted octanol–water partition coefficient (Wildman–Crippen LogP) is -0.0442. The van der Waals surface area contributed by atoms with Gasteiger partial charge >= 0.3 is 5.97 Å². The van der Waals surface area contributed by atoms with Gasteiger partial charge in [-0.1, -0.05) is 13.8 Å². The number of esters is 1. The molecule has 0 aromatic carbocycles. The highest BCUT2D eigenvalue weighted by Crippen LogP contribution is 2.01. The molecular weight excluding hydrogens is 224 g/mol. The Morgan fingerprint density at radius 2 is 1.82 bits per heavy atom. The molecular formula is C11H20N2O4. The number of carbonyl (C=O) groups excluding carboxylic acids is 3. The lowest BCUT2D eigenvalue weighted by Gasteiger charge is -2.15. The van der Waals surface area contributed by atoms with Crippen LogP contribution in [0.1, 0.15) is 33.6 Å². The second-order valence-electron chi connectivity index (χ2n) is 4.13. The first-order valence-electron chi connectivity index (χ1n) is 5.61. The number of amides is 2. The Labute approximate surface area is 101 Å². The van der Waals surface area contributed by atoms with Gasteiger partial charge in [0.1, 0.15) is 6.04 Å². The Hall–Kier alpha value is -1.59. The van der Waals surface area contributed by atoms with Crippen LogP contribution in [0.2, 0.25) is 0 Å². The van der Waals surface area contributed by atoms with Crippen molar-refractivity contribution in [2.45, 2.75) is 39.7 Å². The van der Waals surface area contributed by atoms with E-state index in [1.165, 1.54) is 0 Å². The van der Waals surface area contributed by atoms with E-state index in [9.17, 15) is 14.4 Å². The standard InChI is InChI=1S/C11H20N2O4/c1-4-17-10(15)6-8(11(12)16)13-9(14)5-7(2)3/h7-8H,4-6H2,1-3H3,(H2,12,16)(H,13,14)/t8-/m0/s1. The zero-order valence-electron chi connectivity index (χ0n) is 10.5. The smallest absolute Gasteiger partial charge is 0.308 e. The Kier molecular flexibility index (Phi) is 6.93. The molecule has 0 bridgehead atoms. The molecule has 3 N–H and O–H groups in total. The van der Waals surface area contributed by atoms with Crippen molar-refractivity contribution in [3.8, 4) is 0 Å². The van der Waals surface area contributed by atoms with E-state index < -0.39 is 17.9 Å².